The molecular weight excluding hydrogens is 359 g/mol. The molecule has 0 spiro atoms. The highest BCUT2D eigenvalue weighted by atomic mass is 16.4. The molecule has 0 aliphatic carbocycles. The van der Waals surface area contributed by atoms with Crippen molar-refractivity contribution >= 4 is 18.9 Å². The summed E-state index contributed by atoms with van der Waals surface area (Å²) in [5.41, 5.74) is 0.937. The Morgan fingerprint density at radius 3 is 2.29 bits per heavy atom. The standard InChI is InChI=1S/C15H17BN4O4.C4H10/c21-14(19-10-16(23)24)12(8-11-4-2-1-3-5-11)20-15(22)13-9-17-6-7-18-13;1-4(2)3/h1-7,9,12,23-24H,8,10H2,(H,19,21)(H,20,22);4H,1-3H3. The third-order valence-corrected chi connectivity index (χ3v) is 3.16. The van der Waals surface area contributed by atoms with Crippen LogP contribution in [0.5, 0.6) is 0 Å². The summed E-state index contributed by atoms with van der Waals surface area (Å²) in [6.45, 7) is 6.50. The monoisotopic (exact) mass is 386 g/mol. The van der Waals surface area contributed by atoms with Crippen LogP contribution in [0.2, 0.25) is 0 Å². The van der Waals surface area contributed by atoms with Gasteiger partial charge in [0, 0.05) is 18.8 Å². The fourth-order valence-corrected chi connectivity index (χ4v) is 2.02. The molecule has 0 fully saturated rings. The van der Waals surface area contributed by atoms with Crippen molar-refractivity contribution in [2.24, 2.45) is 5.92 Å². The number of rotatable bonds is 7. The van der Waals surface area contributed by atoms with Crippen LogP contribution >= 0.6 is 0 Å². The quantitative estimate of drug-likeness (QED) is 0.517. The SMILES string of the molecule is CC(C)C.O=C(NC(Cc1ccccc1)C(=O)NCB(O)O)c1cnccn1. The highest BCUT2D eigenvalue weighted by molar-refractivity contribution is 6.41. The summed E-state index contributed by atoms with van der Waals surface area (Å²) in [6, 6.07) is 8.27. The largest absolute Gasteiger partial charge is 0.472 e. The number of nitrogens with zero attached hydrogens (tertiary/aromatic N) is 2. The van der Waals surface area contributed by atoms with Crippen LogP contribution in [0.15, 0.2) is 48.9 Å². The summed E-state index contributed by atoms with van der Waals surface area (Å²) >= 11 is 0. The van der Waals surface area contributed by atoms with Crippen LogP contribution in [0, 0.1) is 5.92 Å². The Morgan fingerprint density at radius 1 is 1.11 bits per heavy atom. The van der Waals surface area contributed by atoms with E-state index in [1.54, 1.807) is 0 Å². The van der Waals surface area contributed by atoms with E-state index in [9.17, 15) is 9.59 Å². The van der Waals surface area contributed by atoms with E-state index < -0.39 is 25.0 Å². The first-order valence-corrected chi connectivity index (χ1v) is 9.04. The van der Waals surface area contributed by atoms with Gasteiger partial charge in [0.05, 0.1) is 12.6 Å². The van der Waals surface area contributed by atoms with E-state index in [-0.39, 0.29) is 18.6 Å². The molecular formula is C19H27BN4O4. The van der Waals surface area contributed by atoms with E-state index in [4.69, 9.17) is 10.0 Å². The zero-order valence-electron chi connectivity index (χ0n) is 16.4. The molecule has 9 heteroatoms. The van der Waals surface area contributed by atoms with E-state index in [1.165, 1.54) is 18.6 Å². The lowest BCUT2D eigenvalue weighted by Crippen LogP contribution is -2.50. The van der Waals surface area contributed by atoms with Gasteiger partial charge in [0.25, 0.3) is 5.91 Å². The van der Waals surface area contributed by atoms with Crippen molar-refractivity contribution in [1.82, 2.24) is 20.6 Å². The van der Waals surface area contributed by atoms with Gasteiger partial charge in [-0.15, -0.1) is 0 Å². The highest BCUT2D eigenvalue weighted by Gasteiger charge is 2.23. The Hall–Kier alpha value is -2.78. The van der Waals surface area contributed by atoms with Crippen molar-refractivity contribution in [2.75, 3.05) is 6.44 Å². The molecule has 0 saturated heterocycles. The molecule has 0 saturated carbocycles. The molecule has 4 N–H and O–H groups in total. The maximum absolute atomic E-state index is 12.2. The molecule has 1 aromatic heterocycles. The van der Waals surface area contributed by atoms with Crippen LogP contribution in [0.1, 0.15) is 36.8 Å². The Bertz CT molecular complexity index is 712. The maximum Gasteiger partial charge on any atom is 0.472 e. The van der Waals surface area contributed by atoms with Gasteiger partial charge in [0.15, 0.2) is 0 Å². The van der Waals surface area contributed by atoms with Gasteiger partial charge in [-0.05, 0) is 11.5 Å². The Balaban J connectivity index is 0.000000892. The highest BCUT2D eigenvalue weighted by Crippen LogP contribution is 2.04. The van der Waals surface area contributed by atoms with Crippen LogP contribution in [0.4, 0.5) is 0 Å². The fraction of sp³-hybridized carbons (Fsp3) is 0.368. The molecule has 2 amide bonds. The molecule has 2 rings (SSSR count). The van der Waals surface area contributed by atoms with Crippen molar-refractivity contribution < 1.29 is 19.6 Å². The van der Waals surface area contributed by atoms with Crippen molar-refractivity contribution in [3.63, 3.8) is 0 Å². The number of aromatic nitrogens is 2. The maximum atomic E-state index is 12.2. The van der Waals surface area contributed by atoms with Crippen molar-refractivity contribution in [2.45, 2.75) is 33.2 Å². The second-order valence-electron chi connectivity index (χ2n) is 6.76. The van der Waals surface area contributed by atoms with E-state index in [1.807, 2.05) is 30.3 Å². The molecule has 8 nitrogen and oxygen atoms in total. The normalized spacial score (nSPS) is 11.1. The van der Waals surface area contributed by atoms with E-state index in [0.717, 1.165) is 11.5 Å². The minimum absolute atomic E-state index is 0.0885. The molecule has 1 heterocycles. The summed E-state index contributed by atoms with van der Waals surface area (Å²) in [6.07, 6.45) is 4.03. The van der Waals surface area contributed by atoms with Gasteiger partial charge >= 0.3 is 7.12 Å². The zero-order valence-corrected chi connectivity index (χ0v) is 16.4. The average Bonchev–Trinajstić information content (AvgIpc) is 2.66. The fourth-order valence-electron chi connectivity index (χ4n) is 2.02. The van der Waals surface area contributed by atoms with Crippen LogP contribution in [0.3, 0.4) is 0 Å². The number of hydrogen-bond donors (Lipinski definition) is 4. The van der Waals surface area contributed by atoms with Crippen LogP contribution in [-0.2, 0) is 11.2 Å². The molecule has 0 aliphatic rings. The number of carbonyl (C=O) groups is 2. The van der Waals surface area contributed by atoms with Gasteiger partial charge in [-0.1, -0.05) is 51.1 Å². The van der Waals surface area contributed by atoms with Gasteiger partial charge in [-0.2, -0.15) is 0 Å². The lowest BCUT2D eigenvalue weighted by molar-refractivity contribution is -0.122. The molecule has 1 unspecified atom stereocenters. The minimum atomic E-state index is -1.66. The molecule has 2 aromatic rings. The predicted octanol–water partition coefficient (Wildman–Crippen LogP) is 0.608. The number of amides is 2. The molecule has 0 radical (unpaired) electrons. The molecule has 0 aliphatic heterocycles. The summed E-state index contributed by atoms with van der Waals surface area (Å²) in [5, 5.41) is 22.7. The van der Waals surface area contributed by atoms with Gasteiger partial charge in [0.2, 0.25) is 5.91 Å². The second kappa shape index (κ2) is 12.6. The number of carbonyl (C=O) groups excluding carboxylic acids is 2. The van der Waals surface area contributed by atoms with Gasteiger partial charge in [-0.25, -0.2) is 4.98 Å². The minimum Gasteiger partial charge on any atom is -0.426 e. The van der Waals surface area contributed by atoms with E-state index in [0.29, 0.717) is 0 Å². The smallest absolute Gasteiger partial charge is 0.426 e. The number of hydrogen-bond acceptors (Lipinski definition) is 6. The van der Waals surface area contributed by atoms with Gasteiger partial charge in [0.1, 0.15) is 11.7 Å². The number of nitrogens with one attached hydrogen (secondary N) is 2. The second-order valence-corrected chi connectivity index (χ2v) is 6.76. The van der Waals surface area contributed by atoms with Crippen molar-refractivity contribution in [3.8, 4) is 0 Å². The average molecular weight is 386 g/mol. The third-order valence-electron chi connectivity index (χ3n) is 3.16. The van der Waals surface area contributed by atoms with Crippen molar-refractivity contribution in [3.05, 3.63) is 60.2 Å². The van der Waals surface area contributed by atoms with Crippen molar-refractivity contribution in [1.29, 1.82) is 0 Å². The summed E-state index contributed by atoms with van der Waals surface area (Å²) in [4.78, 5) is 32.1. The number of benzene rings is 1. The molecule has 0 bridgehead atoms. The molecule has 28 heavy (non-hydrogen) atoms. The summed E-state index contributed by atoms with van der Waals surface area (Å²) < 4.78 is 0. The lowest BCUT2D eigenvalue weighted by atomic mass is 9.92. The van der Waals surface area contributed by atoms with Crippen LogP contribution < -0.4 is 10.6 Å². The first kappa shape index (κ1) is 23.3. The Kier molecular flexibility index (Phi) is 10.5. The summed E-state index contributed by atoms with van der Waals surface area (Å²) in [7, 11) is -1.66. The van der Waals surface area contributed by atoms with E-state index >= 15 is 0 Å². The molecule has 1 atom stereocenters. The topological polar surface area (TPSA) is 124 Å². The predicted molar refractivity (Wildman–Crippen MR) is 107 cm³/mol. The third kappa shape index (κ3) is 9.79. The first-order valence-electron chi connectivity index (χ1n) is 9.04. The Morgan fingerprint density at radius 2 is 1.75 bits per heavy atom. The molecule has 1 aromatic carbocycles. The Labute approximate surface area is 165 Å². The summed E-state index contributed by atoms with van der Waals surface area (Å²) in [5.74, 6) is -0.229. The van der Waals surface area contributed by atoms with Crippen LogP contribution in [0.25, 0.3) is 0 Å². The lowest BCUT2D eigenvalue weighted by Gasteiger charge is -2.18. The molecule has 150 valence electrons. The van der Waals surface area contributed by atoms with Gasteiger partial charge < -0.3 is 20.7 Å². The van der Waals surface area contributed by atoms with Crippen LogP contribution in [-0.4, -0.2) is 51.4 Å². The van der Waals surface area contributed by atoms with Gasteiger partial charge in [-0.3, -0.25) is 14.6 Å². The van der Waals surface area contributed by atoms with E-state index in [2.05, 4.69) is 41.4 Å². The first-order chi connectivity index (χ1) is 13.3. The zero-order chi connectivity index (χ0) is 20.9.